The van der Waals surface area contributed by atoms with Crippen molar-refractivity contribution < 1.29 is 0 Å². The molecule has 0 saturated heterocycles. The van der Waals surface area contributed by atoms with Crippen LogP contribution in [0, 0.1) is 6.92 Å². The van der Waals surface area contributed by atoms with E-state index in [1.54, 1.807) is 0 Å². The van der Waals surface area contributed by atoms with Gasteiger partial charge in [-0.1, -0.05) is 36.8 Å². The average molecular weight is 219 g/mol. The summed E-state index contributed by atoms with van der Waals surface area (Å²) >= 11 is 0. The molecule has 0 heterocycles. The van der Waals surface area contributed by atoms with Gasteiger partial charge in [0.1, 0.15) is 0 Å². The van der Waals surface area contributed by atoms with Gasteiger partial charge in [0, 0.05) is 12.1 Å². The number of rotatable bonds is 4. The highest BCUT2D eigenvalue weighted by Crippen LogP contribution is 2.17. The molecule has 0 N–H and O–H groups in total. The molecule has 0 amide bonds. The minimum atomic E-state index is 0.251. The van der Waals surface area contributed by atoms with Crippen molar-refractivity contribution in [3.63, 3.8) is 0 Å². The van der Waals surface area contributed by atoms with E-state index in [4.69, 9.17) is 0 Å². The smallest absolute Gasteiger partial charge is 0.0238 e. The van der Waals surface area contributed by atoms with Gasteiger partial charge in [-0.2, -0.15) is 0 Å². The second-order valence-corrected chi connectivity index (χ2v) is 5.58. The lowest BCUT2D eigenvalue weighted by molar-refractivity contribution is 0.128. The van der Waals surface area contributed by atoms with Crippen molar-refractivity contribution in [3.8, 4) is 0 Å². The first kappa shape index (κ1) is 13.2. The standard InChI is InChI=1S/C15H25N/c1-6-11-16(15(3,4)5)12-14-9-7-13(2)8-10-14/h7-10H,6,11-12H2,1-5H3. The Morgan fingerprint density at radius 3 is 2.06 bits per heavy atom. The van der Waals surface area contributed by atoms with Crippen LogP contribution in [0.5, 0.6) is 0 Å². The molecule has 0 fully saturated rings. The SMILES string of the molecule is CCCN(Cc1ccc(C)cc1)C(C)(C)C. The molecule has 0 bridgehead atoms. The van der Waals surface area contributed by atoms with E-state index in [0.717, 1.165) is 13.1 Å². The Hall–Kier alpha value is -0.820. The maximum absolute atomic E-state index is 2.54. The van der Waals surface area contributed by atoms with E-state index in [9.17, 15) is 0 Å². The Balaban J connectivity index is 2.72. The fourth-order valence-corrected chi connectivity index (χ4v) is 1.84. The van der Waals surface area contributed by atoms with Gasteiger partial charge in [-0.3, -0.25) is 4.90 Å². The molecule has 0 aliphatic rings. The normalized spacial score (nSPS) is 12.1. The van der Waals surface area contributed by atoms with Gasteiger partial charge >= 0.3 is 0 Å². The molecule has 1 rings (SSSR count). The molecule has 0 unspecified atom stereocenters. The zero-order valence-corrected chi connectivity index (χ0v) is 11.4. The largest absolute Gasteiger partial charge is 0.294 e. The van der Waals surface area contributed by atoms with Crippen LogP contribution < -0.4 is 0 Å². The summed E-state index contributed by atoms with van der Waals surface area (Å²) in [5.41, 5.74) is 3.00. The second-order valence-electron chi connectivity index (χ2n) is 5.58. The summed E-state index contributed by atoms with van der Waals surface area (Å²) in [6.07, 6.45) is 1.21. The number of benzene rings is 1. The van der Waals surface area contributed by atoms with Crippen LogP contribution in [-0.2, 0) is 6.54 Å². The van der Waals surface area contributed by atoms with Gasteiger partial charge in [-0.15, -0.1) is 0 Å². The summed E-state index contributed by atoms with van der Waals surface area (Å²) < 4.78 is 0. The maximum atomic E-state index is 2.54. The Morgan fingerprint density at radius 2 is 1.62 bits per heavy atom. The van der Waals surface area contributed by atoms with Crippen LogP contribution in [0.2, 0.25) is 0 Å². The third kappa shape index (κ3) is 3.97. The first-order valence-corrected chi connectivity index (χ1v) is 6.24. The van der Waals surface area contributed by atoms with Crippen molar-refractivity contribution in [2.24, 2.45) is 0 Å². The monoisotopic (exact) mass is 219 g/mol. The van der Waals surface area contributed by atoms with Crippen LogP contribution in [-0.4, -0.2) is 17.0 Å². The van der Waals surface area contributed by atoms with E-state index >= 15 is 0 Å². The number of hydrogen-bond donors (Lipinski definition) is 0. The Labute approximate surface area is 100 Å². The van der Waals surface area contributed by atoms with Gasteiger partial charge < -0.3 is 0 Å². The molecule has 16 heavy (non-hydrogen) atoms. The first-order valence-electron chi connectivity index (χ1n) is 6.24. The lowest BCUT2D eigenvalue weighted by Crippen LogP contribution is -2.41. The topological polar surface area (TPSA) is 3.24 Å². The highest BCUT2D eigenvalue weighted by molar-refractivity contribution is 5.21. The van der Waals surface area contributed by atoms with Crippen molar-refractivity contribution >= 4 is 0 Å². The molecule has 0 spiro atoms. The average Bonchev–Trinajstić information content (AvgIpc) is 2.19. The van der Waals surface area contributed by atoms with Crippen molar-refractivity contribution in [1.29, 1.82) is 0 Å². The molecular weight excluding hydrogens is 194 g/mol. The maximum Gasteiger partial charge on any atom is 0.0238 e. The van der Waals surface area contributed by atoms with Crippen molar-refractivity contribution in [2.45, 2.75) is 53.1 Å². The van der Waals surface area contributed by atoms with Gasteiger partial charge in [-0.25, -0.2) is 0 Å². The number of nitrogens with zero attached hydrogens (tertiary/aromatic N) is 1. The molecule has 1 aromatic carbocycles. The minimum Gasteiger partial charge on any atom is -0.294 e. The molecule has 90 valence electrons. The Morgan fingerprint density at radius 1 is 1.06 bits per heavy atom. The van der Waals surface area contributed by atoms with Crippen LogP contribution in [0.1, 0.15) is 45.2 Å². The van der Waals surface area contributed by atoms with Crippen LogP contribution in [0.3, 0.4) is 0 Å². The molecular formula is C15H25N. The second kappa shape index (κ2) is 5.49. The molecule has 1 heteroatoms. The van der Waals surface area contributed by atoms with Crippen LogP contribution in [0.4, 0.5) is 0 Å². The van der Waals surface area contributed by atoms with Gasteiger partial charge in [0.25, 0.3) is 0 Å². The van der Waals surface area contributed by atoms with Gasteiger partial charge in [0.15, 0.2) is 0 Å². The van der Waals surface area contributed by atoms with E-state index in [1.165, 1.54) is 17.5 Å². The zero-order chi connectivity index (χ0) is 12.2. The van der Waals surface area contributed by atoms with Crippen molar-refractivity contribution in [2.75, 3.05) is 6.54 Å². The lowest BCUT2D eigenvalue weighted by Gasteiger charge is -2.35. The lowest BCUT2D eigenvalue weighted by atomic mass is 10.0. The Kier molecular flexibility index (Phi) is 4.55. The van der Waals surface area contributed by atoms with E-state index in [0.29, 0.717) is 0 Å². The van der Waals surface area contributed by atoms with Gasteiger partial charge in [-0.05, 0) is 46.2 Å². The third-order valence-corrected chi connectivity index (χ3v) is 2.94. The van der Waals surface area contributed by atoms with E-state index in [-0.39, 0.29) is 5.54 Å². The summed E-state index contributed by atoms with van der Waals surface area (Å²) in [6, 6.07) is 8.87. The van der Waals surface area contributed by atoms with Gasteiger partial charge in [0.2, 0.25) is 0 Å². The van der Waals surface area contributed by atoms with Crippen LogP contribution in [0.15, 0.2) is 24.3 Å². The molecule has 1 nitrogen and oxygen atoms in total. The zero-order valence-electron chi connectivity index (χ0n) is 11.4. The summed E-state index contributed by atoms with van der Waals surface area (Å²) in [4.78, 5) is 2.54. The molecule has 0 atom stereocenters. The fourth-order valence-electron chi connectivity index (χ4n) is 1.84. The summed E-state index contributed by atoms with van der Waals surface area (Å²) in [6.45, 7) is 13.5. The van der Waals surface area contributed by atoms with E-state index < -0.39 is 0 Å². The number of aryl methyl sites for hydroxylation is 1. The minimum absolute atomic E-state index is 0.251. The van der Waals surface area contributed by atoms with Crippen LogP contribution in [0.25, 0.3) is 0 Å². The van der Waals surface area contributed by atoms with E-state index in [1.807, 2.05) is 0 Å². The number of hydrogen-bond acceptors (Lipinski definition) is 1. The molecule has 1 aromatic rings. The highest BCUT2D eigenvalue weighted by Gasteiger charge is 2.20. The molecule has 0 radical (unpaired) electrons. The predicted molar refractivity (Wildman–Crippen MR) is 71.6 cm³/mol. The van der Waals surface area contributed by atoms with Gasteiger partial charge in [0.05, 0.1) is 0 Å². The summed E-state index contributed by atoms with van der Waals surface area (Å²) in [5.74, 6) is 0. The fraction of sp³-hybridized carbons (Fsp3) is 0.600. The molecule has 0 saturated carbocycles. The first-order chi connectivity index (χ1) is 7.43. The molecule has 0 aliphatic carbocycles. The summed E-state index contributed by atoms with van der Waals surface area (Å²) in [7, 11) is 0. The molecule has 0 aliphatic heterocycles. The highest BCUT2D eigenvalue weighted by atomic mass is 15.2. The van der Waals surface area contributed by atoms with Crippen molar-refractivity contribution in [3.05, 3.63) is 35.4 Å². The van der Waals surface area contributed by atoms with E-state index in [2.05, 4.69) is 63.8 Å². The van der Waals surface area contributed by atoms with Crippen LogP contribution >= 0.6 is 0 Å². The molecule has 0 aromatic heterocycles. The quantitative estimate of drug-likeness (QED) is 0.739. The summed E-state index contributed by atoms with van der Waals surface area (Å²) in [5, 5.41) is 0. The third-order valence-electron chi connectivity index (χ3n) is 2.94. The Bertz CT molecular complexity index is 305. The van der Waals surface area contributed by atoms with Crippen molar-refractivity contribution in [1.82, 2.24) is 4.90 Å². The predicted octanol–water partition coefficient (Wildman–Crippen LogP) is 4.01.